The van der Waals surface area contributed by atoms with Crippen molar-refractivity contribution in [3.05, 3.63) is 250 Å². The molecule has 4 aliphatic carbocycles. The molecule has 1 atom stereocenters. The highest BCUT2D eigenvalue weighted by Crippen LogP contribution is 2.52. The summed E-state index contributed by atoms with van der Waals surface area (Å²) in [5.41, 5.74) is 24.3. The van der Waals surface area contributed by atoms with Crippen LogP contribution in [-0.2, 0) is 21.7 Å². The van der Waals surface area contributed by atoms with E-state index in [0.29, 0.717) is 0 Å². The summed E-state index contributed by atoms with van der Waals surface area (Å²) in [5, 5.41) is 5.11. The molecular formula is C76H72N2. The van der Waals surface area contributed by atoms with Crippen LogP contribution in [0.2, 0.25) is 0 Å². The van der Waals surface area contributed by atoms with Gasteiger partial charge in [-0.2, -0.15) is 0 Å². The lowest BCUT2D eigenvalue weighted by Gasteiger charge is -2.35. The molecule has 0 spiro atoms. The topological polar surface area (TPSA) is 6.48 Å². The Hall–Kier alpha value is -7.94. The number of allylic oxidation sites excluding steroid dienone is 3. The third-order valence-electron chi connectivity index (χ3n) is 17.9. The molecule has 0 aromatic heterocycles. The van der Waals surface area contributed by atoms with Gasteiger partial charge in [-0.1, -0.05) is 215 Å². The highest BCUT2D eigenvalue weighted by molar-refractivity contribution is 6.08. The standard InChI is InChI=1S/C76H72N2/c1-73(2,3)51-31-35-55(36-32-51)77(53-21-13-11-14-22-53)57-39-43-63-65(47-57)71(49-29-41-61-59-25-17-19-27-67(59)75(7,8)69(61)45-49)64-44-40-58(78(54-23-15-12-16-24-54)56-37-33-52(34-38-56)74(4,5)6)48-66(64)72(63)50-30-42-62-60-26-18-20-28-68(60)76(9,10)70(62)46-50/h11,13-15,17-39,41-48,58H,12,16,40H2,1-10H3. The molecule has 0 fully saturated rings. The van der Waals surface area contributed by atoms with Gasteiger partial charge in [0, 0.05) is 39.3 Å². The fraction of sp³-hybridized carbons (Fsp3) is 0.237. The zero-order valence-corrected chi connectivity index (χ0v) is 47.3. The number of hydrogen-bond acceptors (Lipinski definition) is 2. The largest absolute Gasteiger partial charge is 0.334 e. The molecule has 0 saturated carbocycles. The van der Waals surface area contributed by atoms with Crippen LogP contribution in [0.3, 0.4) is 0 Å². The van der Waals surface area contributed by atoms with E-state index in [1.165, 1.54) is 110 Å². The van der Waals surface area contributed by atoms with Gasteiger partial charge in [0.1, 0.15) is 0 Å². The summed E-state index contributed by atoms with van der Waals surface area (Å²) in [6.07, 6.45) is 15.4. The Morgan fingerprint density at radius 3 is 1.47 bits per heavy atom. The molecule has 0 aliphatic heterocycles. The quantitative estimate of drug-likeness (QED) is 0.150. The van der Waals surface area contributed by atoms with Crippen molar-refractivity contribution in [3.63, 3.8) is 0 Å². The Labute approximate surface area is 463 Å². The lowest BCUT2D eigenvalue weighted by molar-refractivity contribution is 0.590. The van der Waals surface area contributed by atoms with Gasteiger partial charge in [0.25, 0.3) is 0 Å². The van der Waals surface area contributed by atoms with Crippen LogP contribution in [0.4, 0.5) is 22.7 Å². The number of fused-ring (bicyclic) bond motifs is 8. The molecule has 0 bridgehead atoms. The Balaban J connectivity index is 1.12. The Morgan fingerprint density at radius 2 is 0.923 bits per heavy atom. The first-order valence-electron chi connectivity index (χ1n) is 28.5. The smallest absolute Gasteiger partial charge is 0.0566 e. The van der Waals surface area contributed by atoms with Crippen molar-refractivity contribution in [1.29, 1.82) is 0 Å². The number of hydrogen-bond donors (Lipinski definition) is 0. The van der Waals surface area contributed by atoms with Crippen LogP contribution in [0.15, 0.2) is 206 Å². The van der Waals surface area contributed by atoms with E-state index >= 15 is 0 Å². The lowest BCUT2D eigenvalue weighted by atomic mass is 9.79. The normalized spacial score (nSPS) is 16.5. The van der Waals surface area contributed by atoms with Gasteiger partial charge in [0.2, 0.25) is 0 Å². The molecule has 0 saturated heterocycles. The average Bonchev–Trinajstić information content (AvgIpc) is 3.89. The Morgan fingerprint density at radius 1 is 0.423 bits per heavy atom. The molecule has 9 aromatic rings. The third-order valence-corrected chi connectivity index (χ3v) is 17.9. The molecule has 386 valence electrons. The van der Waals surface area contributed by atoms with Gasteiger partial charge in [0.15, 0.2) is 0 Å². The molecule has 0 N–H and O–H groups in total. The fourth-order valence-corrected chi connectivity index (χ4v) is 13.6. The summed E-state index contributed by atoms with van der Waals surface area (Å²) in [4.78, 5) is 5.07. The van der Waals surface area contributed by atoms with Crippen molar-refractivity contribution in [3.8, 4) is 44.5 Å². The van der Waals surface area contributed by atoms with E-state index in [0.717, 1.165) is 36.3 Å². The molecule has 2 heteroatoms. The average molecular weight is 1010 g/mol. The van der Waals surface area contributed by atoms with Gasteiger partial charge < -0.3 is 9.80 Å². The molecule has 2 nitrogen and oxygen atoms in total. The highest BCUT2D eigenvalue weighted by atomic mass is 15.2. The van der Waals surface area contributed by atoms with Crippen LogP contribution >= 0.6 is 0 Å². The fourth-order valence-electron chi connectivity index (χ4n) is 13.6. The molecule has 4 aliphatic rings. The first-order valence-corrected chi connectivity index (χ1v) is 28.5. The summed E-state index contributed by atoms with van der Waals surface area (Å²) in [6, 6.07) is 69.9. The number of anilines is 4. The van der Waals surface area contributed by atoms with E-state index in [9.17, 15) is 0 Å². The maximum Gasteiger partial charge on any atom is 0.0566 e. The Bertz CT molecular complexity index is 4060. The SMILES string of the molecule is CC(C)(C)c1ccc(N(c2ccccc2)c2ccc3c(-c4ccc5c(c4)C(C)(C)c4ccccc4-5)c4c(c(-c5ccc6c(c5)C(C)(C)c5ccccc5-6)c3c2)=CCC(N(C2=CCCC=C2)c2ccc(C(C)(C)C)cc2)C=4)cc1. The lowest BCUT2D eigenvalue weighted by Crippen LogP contribution is -2.41. The molecule has 1 unspecified atom stereocenters. The van der Waals surface area contributed by atoms with Crippen LogP contribution in [-0.4, -0.2) is 6.04 Å². The summed E-state index contributed by atoms with van der Waals surface area (Å²) in [6.45, 7) is 23.4. The number of nitrogens with zero attached hydrogens (tertiary/aromatic N) is 2. The second-order valence-electron chi connectivity index (χ2n) is 25.6. The van der Waals surface area contributed by atoms with Gasteiger partial charge in [-0.25, -0.2) is 0 Å². The van der Waals surface area contributed by atoms with Crippen LogP contribution in [0, 0.1) is 0 Å². The third kappa shape index (κ3) is 8.13. The van der Waals surface area contributed by atoms with Crippen molar-refractivity contribution < 1.29 is 0 Å². The molecule has 0 heterocycles. The molecule has 0 radical (unpaired) electrons. The second kappa shape index (κ2) is 18.3. The van der Waals surface area contributed by atoms with Crippen molar-refractivity contribution in [2.24, 2.45) is 0 Å². The predicted molar refractivity (Wildman–Crippen MR) is 334 cm³/mol. The van der Waals surface area contributed by atoms with Gasteiger partial charge in [0.05, 0.1) is 6.04 Å². The summed E-state index contributed by atoms with van der Waals surface area (Å²) in [7, 11) is 0. The van der Waals surface area contributed by atoms with Crippen LogP contribution in [0.5, 0.6) is 0 Å². The van der Waals surface area contributed by atoms with E-state index < -0.39 is 0 Å². The summed E-state index contributed by atoms with van der Waals surface area (Å²) >= 11 is 0. The van der Waals surface area contributed by atoms with E-state index in [1.807, 2.05) is 0 Å². The van der Waals surface area contributed by atoms with Gasteiger partial charge in [-0.15, -0.1) is 0 Å². The predicted octanol–water partition coefficient (Wildman–Crippen LogP) is 18.9. The Kier molecular flexibility index (Phi) is 11.7. The van der Waals surface area contributed by atoms with E-state index in [-0.39, 0.29) is 27.7 Å². The number of rotatable bonds is 8. The zero-order chi connectivity index (χ0) is 53.9. The van der Waals surface area contributed by atoms with E-state index in [1.54, 1.807) is 0 Å². The molecular weight excluding hydrogens is 941 g/mol. The van der Waals surface area contributed by atoms with Crippen molar-refractivity contribution in [1.82, 2.24) is 0 Å². The number of para-hydroxylation sites is 1. The first kappa shape index (κ1) is 49.6. The second-order valence-corrected chi connectivity index (χ2v) is 25.6. The molecule has 13 rings (SSSR count). The zero-order valence-electron chi connectivity index (χ0n) is 47.3. The summed E-state index contributed by atoms with van der Waals surface area (Å²) in [5.74, 6) is 0. The van der Waals surface area contributed by atoms with Crippen LogP contribution < -0.4 is 20.2 Å². The minimum absolute atomic E-state index is 0.0370. The number of benzene rings is 9. The monoisotopic (exact) mass is 1010 g/mol. The summed E-state index contributed by atoms with van der Waals surface area (Å²) < 4.78 is 0. The van der Waals surface area contributed by atoms with Crippen molar-refractivity contribution in [2.75, 3.05) is 9.80 Å². The van der Waals surface area contributed by atoms with E-state index in [2.05, 4.69) is 291 Å². The van der Waals surface area contributed by atoms with Gasteiger partial charge in [-0.3, -0.25) is 0 Å². The van der Waals surface area contributed by atoms with E-state index in [4.69, 9.17) is 0 Å². The van der Waals surface area contributed by atoms with Gasteiger partial charge in [-0.05, 0) is 196 Å². The minimum atomic E-state index is -0.160. The minimum Gasteiger partial charge on any atom is -0.334 e. The molecule has 9 aromatic carbocycles. The molecule has 0 amide bonds. The van der Waals surface area contributed by atoms with Crippen molar-refractivity contribution >= 4 is 45.7 Å². The van der Waals surface area contributed by atoms with Crippen LogP contribution in [0.1, 0.15) is 122 Å². The van der Waals surface area contributed by atoms with Crippen molar-refractivity contribution in [2.45, 2.75) is 116 Å². The first-order chi connectivity index (χ1) is 37.5. The maximum absolute atomic E-state index is 2.65. The maximum atomic E-state index is 2.65. The van der Waals surface area contributed by atoms with Crippen LogP contribution in [0.25, 0.3) is 67.4 Å². The van der Waals surface area contributed by atoms with Gasteiger partial charge >= 0.3 is 0 Å². The molecule has 78 heavy (non-hydrogen) atoms. The highest BCUT2D eigenvalue weighted by Gasteiger charge is 2.38.